The van der Waals surface area contributed by atoms with Crippen molar-refractivity contribution in [2.45, 2.75) is 39.2 Å². The van der Waals surface area contributed by atoms with Crippen LogP contribution in [0.4, 0.5) is 0 Å². The molecule has 17 heavy (non-hydrogen) atoms. The maximum Gasteiger partial charge on any atom is 0.0626 e. The van der Waals surface area contributed by atoms with Gasteiger partial charge in [0.1, 0.15) is 0 Å². The molecule has 1 aromatic carbocycles. The zero-order chi connectivity index (χ0) is 13.1. The maximum absolute atomic E-state index is 10.3. The molecule has 0 fully saturated rings. The van der Waals surface area contributed by atoms with E-state index in [9.17, 15) is 5.11 Å². The van der Waals surface area contributed by atoms with Crippen molar-refractivity contribution in [1.82, 2.24) is 0 Å². The second-order valence-corrected chi connectivity index (χ2v) is 6.10. The van der Waals surface area contributed by atoms with E-state index >= 15 is 0 Å². The van der Waals surface area contributed by atoms with Crippen molar-refractivity contribution in [1.29, 1.82) is 0 Å². The lowest BCUT2D eigenvalue weighted by Gasteiger charge is -2.28. The van der Waals surface area contributed by atoms with Gasteiger partial charge in [-0.05, 0) is 23.5 Å². The number of halogens is 1. The number of nitrogens with two attached hydrogens (primary N) is 1. The minimum atomic E-state index is -0.458. The monoisotopic (exact) mass is 255 g/mol. The third-order valence-corrected chi connectivity index (χ3v) is 3.19. The first kappa shape index (κ1) is 14.5. The van der Waals surface area contributed by atoms with E-state index in [-0.39, 0.29) is 11.3 Å². The summed E-state index contributed by atoms with van der Waals surface area (Å²) in [7, 11) is 0. The lowest BCUT2D eigenvalue weighted by atomic mass is 9.82. The van der Waals surface area contributed by atoms with E-state index in [0.717, 1.165) is 5.56 Å². The summed E-state index contributed by atoms with van der Waals surface area (Å²) in [6.45, 7) is 6.73. The standard InChI is InChI=1S/C14H22ClNO/c1-14(2,3)8-13(17)11(9-16)10-6-4-5-7-12(10)15/h4-7,11,13,17H,8-9,16H2,1-3H3. The van der Waals surface area contributed by atoms with Crippen molar-refractivity contribution in [3.05, 3.63) is 34.9 Å². The fourth-order valence-corrected chi connectivity index (χ4v) is 2.31. The van der Waals surface area contributed by atoms with Crippen molar-refractivity contribution in [2.75, 3.05) is 6.54 Å². The van der Waals surface area contributed by atoms with Gasteiger partial charge in [-0.1, -0.05) is 50.6 Å². The van der Waals surface area contributed by atoms with Gasteiger partial charge in [0.15, 0.2) is 0 Å². The number of aliphatic hydroxyl groups is 1. The van der Waals surface area contributed by atoms with Gasteiger partial charge in [0.05, 0.1) is 6.10 Å². The van der Waals surface area contributed by atoms with Gasteiger partial charge in [-0.3, -0.25) is 0 Å². The number of aliphatic hydroxyl groups excluding tert-OH is 1. The molecule has 1 rings (SSSR count). The summed E-state index contributed by atoms with van der Waals surface area (Å²) < 4.78 is 0. The molecule has 0 aromatic heterocycles. The fraction of sp³-hybridized carbons (Fsp3) is 0.571. The van der Waals surface area contributed by atoms with E-state index in [1.54, 1.807) is 0 Å². The van der Waals surface area contributed by atoms with E-state index < -0.39 is 6.10 Å². The Hall–Kier alpha value is -0.570. The average Bonchev–Trinajstić information content (AvgIpc) is 2.19. The predicted octanol–water partition coefficient (Wildman–Crippen LogP) is 3.18. The van der Waals surface area contributed by atoms with Gasteiger partial charge in [0.2, 0.25) is 0 Å². The topological polar surface area (TPSA) is 46.2 Å². The highest BCUT2D eigenvalue weighted by atomic mass is 35.5. The second-order valence-electron chi connectivity index (χ2n) is 5.70. The molecule has 2 atom stereocenters. The zero-order valence-electron chi connectivity index (χ0n) is 10.8. The Labute approximate surface area is 109 Å². The molecule has 2 unspecified atom stereocenters. The summed E-state index contributed by atoms with van der Waals surface area (Å²) in [6.07, 6.45) is 0.250. The normalized spacial score (nSPS) is 15.6. The van der Waals surface area contributed by atoms with Gasteiger partial charge in [-0.15, -0.1) is 0 Å². The van der Waals surface area contributed by atoms with E-state index in [1.807, 2.05) is 24.3 Å². The quantitative estimate of drug-likeness (QED) is 0.868. The summed E-state index contributed by atoms with van der Waals surface area (Å²) in [5, 5.41) is 11.0. The lowest BCUT2D eigenvalue weighted by molar-refractivity contribution is 0.0972. The van der Waals surface area contributed by atoms with Crippen molar-refractivity contribution in [2.24, 2.45) is 11.1 Å². The number of hydrogen-bond acceptors (Lipinski definition) is 2. The first-order valence-corrected chi connectivity index (χ1v) is 6.35. The second kappa shape index (κ2) is 5.85. The summed E-state index contributed by atoms with van der Waals surface area (Å²) in [6, 6.07) is 7.58. The van der Waals surface area contributed by atoms with E-state index in [2.05, 4.69) is 20.8 Å². The molecule has 0 aliphatic rings. The molecule has 3 N–H and O–H groups in total. The van der Waals surface area contributed by atoms with Crippen LogP contribution in [0.15, 0.2) is 24.3 Å². The lowest BCUT2D eigenvalue weighted by Crippen LogP contribution is -2.29. The molecule has 0 saturated carbocycles. The van der Waals surface area contributed by atoms with Gasteiger partial charge in [0, 0.05) is 17.5 Å². The fourth-order valence-electron chi connectivity index (χ4n) is 2.04. The average molecular weight is 256 g/mol. The van der Waals surface area contributed by atoms with Crippen molar-refractivity contribution in [3.8, 4) is 0 Å². The molecule has 0 bridgehead atoms. The number of benzene rings is 1. The SMILES string of the molecule is CC(C)(C)CC(O)C(CN)c1ccccc1Cl. The minimum absolute atomic E-state index is 0.0775. The van der Waals surface area contributed by atoms with Gasteiger partial charge >= 0.3 is 0 Å². The third kappa shape index (κ3) is 4.30. The van der Waals surface area contributed by atoms with Crippen LogP contribution in [-0.4, -0.2) is 17.8 Å². The minimum Gasteiger partial charge on any atom is -0.392 e. The van der Waals surface area contributed by atoms with Crippen molar-refractivity contribution in [3.63, 3.8) is 0 Å². The Kier molecular flexibility index (Phi) is 4.99. The molecule has 96 valence electrons. The van der Waals surface area contributed by atoms with Crippen LogP contribution in [-0.2, 0) is 0 Å². The van der Waals surface area contributed by atoms with Gasteiger partial charge in [-0.2, -0.15) is 0 Å². The Morgan fingerprint density at radius 2 is 1.88 bits per heavy atom. The van der Waals surface area contributed by atoms with E-state index in [4.69, 9.17) is 17.3 Å². The van der Waals surface area contributed by atoms with Crippen LogP contribution >= 0.6 is 11.6 Å². The highest BCUT2D eigenvalue weighted by Gasteiger charge is 2.26. The molecular formula is C14H22ClNO. The molecule has 0 radical (unpaired) electrons. The van der Waals surface area contributed by atoms with Crippen LogP contribution in [0.3, 0.4) is 0 Å². The van der Waals surface area contributed by atoms with Crippen LogP contribution in [0.1, 0.15) is 38.7 Å². The van der Waals surface area contributed by atoms with Gasteiger partial charge in [0.25, 0.3) is 0 Å². The summed E-state index contributed by atoms with van der Waals surface area (Å²) in [5.41, 5.74) is 6.79. The molecule has 0 aliphatic carbocycles. The molecule has 3 heteroatoms. The van der Waals surface area contributed by atoms with Crippen molar-refractivity contribution < 1.29 is 5.11 Å². The Bertz CT molecular complexity index is 359. The predicted molar refractivity (Wildman–Crippen MR) is 73.3 cm³/mol. The van der Waals surface area contributed by atoms with E-state index in [0.29, 0.717) is 18.0 Å². The highest BCUT2D eigenvalue weighted by molar-refractivity contribution is 6.31. The summed E-state index contributed by atoms with van der Waals surface area (Å²) in [4.78, 5) is 0. The van der Waals surface area contributed by atoms with E-state index in [1.165, 1.54) is 0 Å². The van der Waals surface area contributed by atoms with Gasteiger partial charge in [-0.25, -0.2) is 0 Å². The molecule has 0 aliphatic heterocycles. The van der Waals surface area contributed by atoms with Crippen LogP contribution in [0.25, 0.3) is 0 Å². The molecular weight excluding hydrogens is 234 g/mol. The molecule has 0 saturated heterocycles. The highest BCUT2D eigenvalue weighted by Crippen LogP contribution is 2.32. The largest absolute Gasteiger partial charge is 0.392 e. The smallest absolute Gasteiger partial charge is 0.0626 e. The zero-order valence-corrected chi connectivity index (χ0v) is 11.5. The Balaban J connectivity index is 2.89. The summed E-state index contributed by atoms with van der Waals surface area (Å²) >= 11 is 6.15. The molecule has 2 nitrogen and oxygen atoms in total. The maximum atomic E-state index is 10.3. The van der Waals surface area contributed by atoms with Crippen LogP contribution < -0.4 is 5.73 Å². The Morgan fingerprint density at radius 1 is 1.29 bits per heavy atom. The molecule has 1 aromatic rings. The Morgan fingerprint density at radius 3 is 2.35 bits per heavy atom. The molecule has 0 spiro atoms. The third-order valence-electron chi connectivity index (χ3n) is 2.84. The first-order chi connectivity index (χ1) is 7.85. The van der Waals surface area contributed by atoms with Crippen molar-refractivity contribution >= 4 is 11.6 Å². The molecule has 0 amide bonds. The van der Waals surface area contributed by atoms with Crippen LogP contribution in [0.2, 0.25) is 5.02 Å². The number of hydrogen-bond donors (Lipinski definition) is 2. The molecule has 0 heterocycles. The van der Waals surface area contributed by atoms with Gasteiger partial charge < -0.3 is 10.8 Å². The summed E-state index contributed by atoms with van der Waals surface area (Å²) in [5.74, 6) is -0.0945. The number of rotatable bonds is 4. The van der Waals surface area contributed by atoms with Crippen LogP contribution in [0.5, 0.6) is 0 Å². The van der Waals surface area contributed by atoms with Crippen LogP contribution in [0, 0.1) is 5.41 Å². The first-order valence-electron chi connectivity index (χ1n) is 5.97.